The van der Waals surface area contributed by atoms with Crippen LogP contribution in [-0.4, -0.2) is 28.8 Å². The molecule has 30 heavy (non-hydrogen) atoms. The lowest BCUT2D eigenvalue weighted by atomic mass is 9.87. The standard InChI is InChI=1S/C25H31N3O2/c1-18-16-19(2)28(27-18)17-20-6-8-21(9-7-20)24(29)26-14-15-30-23-12-10-22(11-13-23)25(3,4)5/h6-13,16H,14-15,17H2,1-5H3,(H,26,29). The Kier molecular flexibility index (Phi) is 6.60. The van der Waals surface area contributed by atoms with Crippen molar-refractivity contribution in [2.45, 2.75) is 46.6 Å². The highest BCUT2D eigenvalue weighted by Gasteiger charge is 2.13. The normalized spacial score (nSPS) is 11.4. The SMILES string of the molecule is Cc1cc(C)n(Cc2ccc(C(=O)NCCOc3ccc(C(C)(C)C)cc3)cc2)n1. The smallest absolute Gasteiger partial charge is 0.251 e. The summed E-state index contributed by atoms with van der Waals surface area (Å²) in [6.45, 7) is 12.2. The van der Waals surface area contributed by atoms with E-state index in [1.807, 2.05) is 54.9 Å². The van der Waals surface area contributed by atoms with Gasteiger partial charge in [-0.25, -0.2) is 0 Å². The average molecular weight is 406 g/mol. The first-order valence-electron chi connectivity index (χ1n) is 10.3. The molecule has 1 aromatic heterocycles. The van der Waals surface area contributed by atoms with Crippen molar-refractivity contribution in [2.24, 2.45) is 0 Å². The Balaban J connectivity index is 1.45. The summed E-state index contributed by atoms with van der Waals surface area (Å²) in [6.07, 6.45) is 0. The topological polar surface area (TPSA) is 56.2 Å². The Labute approximate surface area is 179 Å². The molecule has 0 saturated carbocycles. The van der Waals surface area contributed by atoms with Crippen molar-refractivity contribution in [1.29, 1.82) is 0 Å². The van der Waals surface area contributed by atoms with Crippen LogP contribution in [-0.2, 0) is 12.0 Å². The average Bonchev–Trinajstić information content (AvgIpc) is 3.02. The third-order valence-corrected chi connectivity index (χ3v) is 5.03. The molecule has 0 fully saturated rings. The summed E-state index contributed by atoms with van der Waals surface area (Å²) in [5.41, 5.74) is 5.28. The van der Waals surface area contributed by atoms with E-state index in [0.29, 0.717) is 25.3 Å². The van der Waals surface area contributed by atoms with Gasteiger partial charge in [-0.2, -0.15) is 5.10 Å². The van der Waals surface area contributed by atoms with E-state index in [1.54, 1.807) is 0 Å². The molecular weight excluding hydrogens is 374 g/mol. The molecule has 0 aliphatic rings. The number of nitrogens with zero attached hydrogens (tertiary/aromatic N) is 2. The van der Waals surface area contributed by atoms with Crippen molar-refractivity contribution in [3.05, 3.63) is 82.7 Å². The van der Waals surface area contributed by atoms with Gasteiger partial charge in [0, 0.05) is 11.3 Å². The first-order valence-corrected chi connectivity index (χ1v) is 10.3. The molecule has 3 aromatic rings. The molecule has 5 nitrogen and oxygen atoms in total. The molecule has 0 aliphatic carbocycles. The molecule has 0 aliphatic heterocycles. The molecule has 0 atom stereocenters. The van der Waals surface area contributed by atoms with Crippen molar-refractivity contribution < 1.29 is 9.53 Å². The van der Waals surface area contributed by atoms with E-state index in [1.165, 1.54) is 5.56 Å². The van der Waals surface area contributed by atoms with Crippen LogP contribution in [0.3, 0.4) is 0 Å². The maximum atomic E-state index is 12.4. The first-order chi connectivity index (χ1) is 14.2. The van der Waals surface area contributed by atoms with Gasteiger partial charge in [0.1, 0.15) is 12.4 Å². The van der Waals surface area contributed by atoms with Crippen LogP contribution in [0.15, 0.2) is 54.6 Å². The highest BCUT2D eigenvalue weighted by atomic mass is 16.5. The van der Waals surface area contributed by atoms with Crippen LogP contribution in [0.1, 0.15) is 53.6 Å². The highest BCUT2D eigenvalue weighted by molar-refractivity contribution is 5.94. The zero-order valence-electron chi connectivity index (χ0n) is 18.5. The molecule has 0 spiro atoms. The highest BCUT2D eigenvalue weighted by Crippen LogP contribution is 2.24. The van der Waals surface area contributed by atoms with E-state index in [0.717, 1.165) is 22.7 Å². The largest absolute Gasteiger partial charge is 0.492 e. The molecule has 0 saturated heterocycles. The van der Waals surface area contributed by atoms with Crippen molar-refractivity contribution in [1.82, 2.24) is 15.1 Å². The number of ether oxygens (including phenoxy) is 1. The van der Waals surface area contributed by atoms with Crippen LogP contribution >= 0.6 is 0 Å². The van der Waals surface area contributed by atoms with E-state index in [4.69, 9.17) is 4.74 Å². The van der Waals surface area contributed by atoms with Gasteiger partial charge < -0.3 is 10.1 Å². The Morgan fingerprint density at radius 3 is 2.27 bits per heavy atom. The van der Waals surface area contributed by atoms with Crippen molar-refractivity contribution in [2.75, 3.05) is 13.2 Å². The van der Waals surface area contributed by atoms with Gasteiger partial charge >= 0.3 is 0 Å². The Hall–Kier alpha value is -3.08. The molecule has 2 aromatic carbocycles. The van der Waals surface area contributed by atoms with Gasteiger partial charge in [0.2, 0.25) is 0 Å². The lowest BCUT2D eigenvalue weighted by molar-refractivity contribution is 0.0947. The Morgan fingerprint density at radius 1 is 1.03 bits per heavy atom. The predicted molar refractivity (Wildman–Crippen MR) is 120 cm³/mol. The van der Waals surface area contributed by atoms with Gasteiger partial charge in [-0.1, -0.05) is 45.0 Å². The maximum Gasteiger partial charge on any atom is 0.251 e. The fourth-order valence-electron chi connectivity index (χ4n) is 3.26. The van der Waals surface area contributed by atoms with Crippen molar-refractivity contribution in [3.63, 3.8) is 0 Å². The number of carbonyl (C=O) groups is 1. The van der Waals surface area contributed by atoms with Gasteiger partial charge in [-0.3, -0.25) is 9.48 Å². The summed E-state index contributed by atoms with van der Waals surface area (Å²) >= 11 is 0. The fraction of sp³-hybridized carbons (Fsp3) is 0.360. The van der Waals surface area contributed by atoms with Gasteiger partial charge in [-0.15, -0.1) is 0 Å². The molecule has 158 valence electrons. The summed E-state index contributed by atoms with van der Waals surface area (Å²) in [4.78, 5) is 12.4. The zero-order chi connectivity index (χ0) is 21.7. The molecule has 1 amide bonds. The van der Waals surface area contributed by atoms with Crippen molar-refractivity contribution in [3.8, 4) is 5.75 Å². The van der Waals surface area contributed by atoms with E-state index in [-0.39, 0.29) is 11.3 Å². The third-order valence-electron chi connectivity index (χ3n) is 5.03. The number of nitrogens with one attached hydrogen (secondary N) is 1. The minimum absolute atomic E-state index is 0.0978. The van der Waals surface area contributed by atoms with Crippen LogP contribution in [0.25, 0.3) is 0 Å². The lowest BCUT2D eigenvalue weighted by Crippen LogP contribution is -2.28. The number of aromatic nitrogens is 2. The number of aryl methyl sites for hydroxylation is 2. The Bertz CT molecular complexity index is 981. The first kappa shape index (κ1) is 21.6. The number of hydrogen-bond acceptors (Lipinski definition) is 3. The fourth-order valence-corrected chi connectivity index (χ4v) is 3.26. The van der Waals surface area contributed by atoms with E-state index >= 15 is 0 Å². The van der Waals surface area contributed by atoms with Gasteiger partial charge in [-0.05, 0) is 60.7 Å². The van der Waals surface area contributed by atoms with Crippen LogP contribution in [0.2, 0.25) is 0 Å². The summed E-state index contributed by atoms with van der Waals surface area (Å²) in [6, 6.07) is 17.8. The zero-order valence-corrected chi connectivity index (χ0v) is 18.5. The van der Waals surface area contributed by atoms with E-state index in [2.05, 4.69) is 49.4 Å². The molecule has 1 heterocycles. The Morgan fingerprint density at radius 2 is 1.70 bits per heavy atom. The second-order valence-corrected chi connectivity index (χ2v) is 8.66. The minimum Gasteiger partial charge on any atom is -0.492 e. The second-order valence-electron chi connectivity index (χ2n) is 8.66. The van der Waals surface area contributed by atoms with Crippen molar-refractivity contribution >= 4 is 5.91 Å². The third kappa shape index (κ3) is 5.72. The van der Waals surface area contributed by atoms with Crippen LogP contribution in [0, 0.1) is 13.8 Å². The van der Waals surface area contributed by atoms with E-state index < -0.39 is 0 Å². The molecular formula is C25H31N3O2. The summed E-state index contributed by atoms with van der Waals surface area (Å²) in [5.74, 6) is 0.713. The predicted octanol–water partition coefficient (Wildman–Crippen LogP) is 4.65. The summed E-state index contributed by atoms with van der Waals surface area (Å²) < 4.78 is 7.70. The quantitative estimate of drug-likeness (QED) is 0.582. The molecule has 1 N–H and O–H groups in total. The molecule has 5 heteroatoms. The number of amides is 1. The minimum atomic E-state index is -0.0978. The van der Waals surface area contributed by atoms with E-state index in [9.17, 15) is 4.79 Å². The van der Waals surface area contributed by atoms with Gasteiger partial charge in [0.25, 0.3) is 5.91 Å². The lowest BCUT2D eigenvalue weighted by Gasteiger charge is -2.19. The number of hydrogen-bond donors (Lipinski definition) is 1. The number of benzene rings is 2. The molecule has 0 unspecified atom stereocenters. The monoisotopic (exact) mass is 405 g/mol. The molecule has 0 radical (unpaired) electrons. The molecule has 0 bridgehead atoms. The van der Waals surface area contributed by atoms with Gasteiger partial charge in [0.05, 0.1) is 18.8 Å². The maximum absolute atomic E-state index is 12.4. The number of rotatable bonds is 7. The number of carbonyl (C=O) groups excluding carboxylic acids is 1. The van der Waals surface area contributed by atoms with Crippen LogP contribution in [0.5, 0.6) is 5.75 Å². The van der Waals surface area contributed by atoms with Gasteiger partial charge in [0.15, 0.2) is 0 Å². The summed E-state index contributed by atoms with van der Waals surface area (Å²) in [7, 11) is 0. The summed E-state index contributed by atoms with van der Waals surface area (Å²) in [5, 5.41) is 7.38. The van der Waals surface area contributed by atoms with Crippen LogP contribution < -0.4 is 10.1 Å². The molecule has 3 rings (SSSR count). The second kappa shape index (κ2) is 9.16. The van der Waals surface area contributed by atoms with Crippen LogP contribution in [0.4, 0.5) is 0 Å².